The zero-order valence-corrected chi connectivity index (χ0v) is 16.4. The molecule has 0 aliphatic rings. The van der Waals surface area contributed by atoms with E-state index in [0.29, 0.717) is 22.9 Å². The fourth-order valence-electron chi connectivity index (χ4n) is 3.13. The van der Waals surface area contributed by atoms with Crippen LogP contribution in [-0.4, -0.2) is 17.5 Å². The average molecular weight is 386 g/mol. The van der Waals surface area contributed by atoms with Crippen LogP contribution in [0, 0.1) is 6.92 Å². The van der Waals surface area contributed by atoms with Gasteiger partial charge in [0.15, 0.2) is 12.2 Å². The molecule has 1 amide bonds. The van der Waals surface area contributed by atoms with Gasteiger partial charge in [0.1, 0.15) is 11.3 Å². The number of carbonyl (C=O) groups is 1. The molecule has 146 valence electrons. The molecule has 0 aliphatic heterocycles. The Kier molecular flexibility index (Phi) is 5.29. The highest BCUT2D eigenvalue weighted by molar-refractivity contribution is 5.94. The number of benzene rings is 3. The summed E-state index contributed by atoms with van der Waals surface area (Å²) in [6, 6.07) is 21.1. The first kappa shape index (κ1) is 18.7. The second-order valence-corrected chi connectivity index (χ2v) is 6.85. The van der Waals surface area contributed by atoms with E-state index in [2.05, 4.69) is 17.2 Å². The van der Waals surface area contributed by atoms with Gasteiger partial charge in [-0.3, -0.25) is 4.79 Å². The fourth-order valence-corrected chi connectivity index (χ4v) is 3.13. The van der Waals surface area contributed by atoms with Crippen LogP contribution in [0.25, 0.3) is 22.6 Å². The second-order valence-electron chi connectivity index (χ2n) is 6.85. The van der Waals surface area contributed by atoms with Crippen molar-refractivity contribution in [2.24, 2.45) is 0 Å². The van der Waals surface area contributed by atoms with Crippen molar-refractivity contribution in [1.82, 2.24) is 4.98 Å². The standard InChI is InChI=1S/C24H22N2O3/c1-3-17-8-6-9-19(13-17)28-15-23(27)25-18-11-12-21-22(14-18)29-24(26-21)20-10-5-4-7-16(20)2/h4-14H,3,15H2,1-2H3,(H,25,27). The number of aromatic nitrogens is 1. The van der Waals surface area contributed by atoms with E-state index in [9.17, 15) is 4.79 Å². The molecule has 0 spiro atoms. The van der Waals surface area contributed by atoms with Crippen LogP contribution >= 0.6 is 0 Å². The highest BCUT2D eigenvalue weighted by atomic mass is 16.5. The second kappa shape index (κ2) is 8.19. The van der Waals surface area contributed by atoms with Crippen molar-refractivity contribution in [2.45, 2.75) is 20.3 Å². The molecule has 1 aromatic heterocycles. The van der Waals surface area contributed by atoms with Gasteiger partial charge in [-0.05, 0) is 54.8 Å². The minimum Gasteiger partial charge on any atom is -0.484 e. The average Bonchev–Trinajstić information content (AvgIpc) is 3.16. The Hall–Kier alpha value is -3.60. The quantitative estimate of drug-likeness (QED) is 0.483. The molecule has 3 aromatic carbocycles. The molecule has 5 nitrogen and oxygen atoms in total. The van der Waals surface area contributed by atoms with E-state index in [1.54, 1.807) is 6.07 Å². The maximum Gasteiger partial charge on any atom is 0.262 e. The van der Waals surface area contributed by atoms with Gasteiger partial charge in [0.2, 0.25) is 5.89 Å². The minimum atomic E-state index is -0.232. The Balaban J connectivity index is 1.45. The smallest absolute Gasteiger partial charge is 0.262 e. The topological polar surface area (TPSA) is 64.4 Å². The number of amides is 1. The molecule has 0 fully saturated rings. The lowest BCUT2D eigenvalue weighted by Crippen LogP contribution is -2.20. The molecule has 0 bridgehead atoms. The predicted octanol–water partition coefficient (Wildman–Crippen LogP) is 5.38. The Bertz CT molecular complexity index is 1160. The Morgan fingerprint density at radius 3 is 2.76 bits per heavy atom. The number of ether oxygens (including phenoxy) is 1. The third-order valence-electron chi connectivity index (χ3n) is 4.72. The third kappa shape index (κ3) is 4.29. The Labute approximate surface area is 169 Å². The zero-order valence-electron chi connectivity index (χ0n) is 16.4. The normalized spacial score (nSPS) is 10.8. The lowest BCUT2D eigenvalue weighted by Gasteiger charge is -2.08. The number of fused-ring (bicyclic) bond motifs is 1. The molecule has 5 heteroatoms. The highest BCUT2D eigenvalue weighted by Gasteiger charge is 2.12. The summed E-state index contributed by atoms with van der Waals surface area (Å²) in [6.07, 6.45) is 0.922. The van der Waals surface area contributed by atoms with Crippen LogP contribution in [0.5, 0.6) is 5.75 Å². The van der Waals surface area contributed by atoms with Gasteiger partial charge >= 0.3 is 0 Å². The summed E-state index contributed by atoms with van der Waals surface area (Å²) in [5.41, 5.74) is 5.23. The zero-order chi connectivity index (χ0) is 20.2. The maximum atomic E-state index is 12.3. The number of hydrogen-bond donors (Lipinski definition) is 1. The highest BCUT2D eigenvalue weighted by Crippen LogP contribution is 2.28. The maximum absolute atomic E-state index is 12.3. The monoisotopic (exact) mass is 386 g/mol. The summed E-state index contributed by atoms with van der Waals surface area (Å²) < 4.78 is 11.5. The molecule has 1 N–H and O–H groups in total. The SMILES string of the molecule is CCc1cccc(OCC(=O)Nc2ccc3nc(-c4ccccc4C)oc3c2)c1. The van der Waals surface area contributed by atoms with E-state index >= 15 is 0 Å². The van der Waals surface area contributed by atoms with Crippen LogP contribution in [0.4, 0.5) is 5.69 Å². The summed E-state index contributed by atoms with van der Waals surface area (Å²) in [6.45, 7) is 4.04. The van der Waals surface area contributed by atoms with Gasteiger partial charge in [-0.15, -0.1) is 0 Å². The molecule has 4 rings (SSSR count). The van der Waals surface area contributed by atoms with E-state index < -0.39 is 0 Å². The summed E-state index contributed by atoms with van der Waals surface area (Å²) in [5, 5.41) is 2.84. The van der Waals surface area contributed by atoms with Crippen molar-refractivity contribution in [3.63, 3.8) is 0 Å². The van der Waals surface area contributed by atoms with E-state index in [1.807, 2.05) is 67.6 Å². The number of aryl methyl sites for hydroxylation is 2. The van der Waals surface area contributed by atoms with Crippen molar-refractivity contribution < 1.29 is 13.9 Å². The Morgan fingerprint density at radius 2 is 1.93 bits per heavy atom. The molecular formula is C24H22N2O3. The van der Waals surface area contributed by atoms with Crippen LogP contribution < -0.4 is 10.1 Å². The number of anilines is 1. The number of hydrogen-bond acceptors (Lipinski definition) is 4. The first-order valence-electron chi connectivity index (χ1n) is 9.60. The van der Waals surface area contributed by atoms with Crippen LogP contribution in [0.15, 0.2) is 71.1 Å². The van der Waals surface area contributed by atoms with Gasteiger partial charge in [0, 0.05) is 17.3 Å². The summed E-state index contributed by atoms with van der Waals surface area (Å²) in [5.74, 6) is 1.03. The van der Waals surface area contributed by atoms with E-state index in [1.165, 1.54) is 5.56 Å². The van der Waals surface area contributed by atoms with Crippen LogP contribution in [-0.2, 0) is 11.2 Å². The van der Waals surface area contributed by atoms with Crippen LogP contribution in [0.3, 0.4) is 0 Å². The minimum absolute atomic E-state index is 0.0595. The first-order chi connectivity index (χ1) is 14.1. The fraction of sp³-hybridized carbons (Fsp3) is 0.167. The number of carbonyl (C=O) groups excluding carboxylic acids is 1. The van der Waals surface area contributed by atoms with Gasteiger partial charge in [-0.1, -0.05) is 37.3 Å². The first-order valence-corrected chi connectivity index (χ1v) is 9.60. The lowest BCUT2D eigenvalue weighted by molar-refractivity contribution is -0.118. The lowest BCUT2D eigenvalue weighted by atomic mass is 10.1. The van der Waals surface area contributed by atoms with Gasteiger partial charge in [0.05, 0.1) is 0 Å². The van der Waals surface area contributed by atoms with Gasteiger partial charge < -0.3 is 14.5 Å². The van der Waals surface area contributed by atoms with E-state index in [-0.39, 0.29) is 12.5 Å². The summed E-state index contributed by atoms with van der Waals surface area (Å²) in [4.78, 5) is 16.8. The van der Waals surface area contributed by atoms with Crippen molar-refractivity contribution in [3.05, 3.63) is 77.9 Å². The largest absolute Gasteiger partial charge is 0.484 e. The molecule has 29 heavy (non-hydrogen) atoms. The van der Waals surface area contributed by atoms with E-state index in [4.69, 9.17) is 9.15 Å². The van der Waals surface area contributed by atoms with Gasteiger partial charge in [0.25, 0.3) is 5.91 Å². The summed E-state index contributed by atoms with van der Waals surface area (Å²) >= 11 is 0. The van der Waals surface area contributed by atoms with Crippen LogP contribution in [0.2, 0.25) is 0 Å². The molecule has 0 saturated heterocycles. The molecule has 0 atom stereocenters. The third-order valence-corrected chi connectivity index (χ3v) is 4.72. The number of rotatable bonds is 6. The van der Waals surface area contributed by atoms with Gasteiger partial charge in [-0.2, -0.15) is 0 Å². The molecule has 0 aliphatic carbocycles. The molecular weight excluding hydrogens is 364 g/mol. The molecule has 4 aromatic rings. The number of nitrogens with zero attached hydrogens (tertiary/aromatic N) is 1. The molecule has 0 saturated carbocycles. The molecule has 1 heterocycles. The van der Waals surface area contributed by atoms with Crippen LogP contribution in [0.1, 0.15) is 18.1 Å². The number of oxazole rings is 1. The van der Waals surface area contributed by atoms with Crippen molar-refractivity contribution in [3.8, 4) is 17.2 Å². The van der Waals surface area contributed by atoms with Gasteiger partial charge in [-0.25, -0.2) is 4.98 Å². The van der Waals surface area contributed by atoms with Crippen molar-refractivity contribution >= 4 is 22.7 Å². The Morgan fingerprint density at radius 1 is 1.07 bits per heavy atom. The van der Waals surface area contributed by atoms with E-state index in [0.717, 1.165) is 23.1 Å². The predicted molar refractivity (Wildman–Crippen MR) is 114 cm³/mol. The summed E-state index contributed by atoms with van der Waals surface area (Å²) in [7, 11) is 0. The van der Waals surface area contributed by atoms with Crippen molar-refractivity contribution in [1.29, 1.82) is 0 Å². The van der Waals surface area contributed by atoms with Crippen molar-refractivity contribution in [2.75, 3.05) is 11.9 Å². The molecule has 0 unspecified atom stereocenters. The number of nitrogens with one attached hydrogen (secondary N) is 1. The molecule has 0 radical (unpaired) electrons.